The fraction of sp³-hybridized carbons (Fsp3) is 0.500. The minimum absolute atomic E-state index is 0.0202. The van der Waals surface area contributed by atoms with Gasteiger partial charge < -0.3 is 14.2 Å². The zero-order valence-corrected chi connectivity index (χ0v) is 18.6. The smallest absolute Gasteiger partial charge is 0.327 e. The summed E-state index contributed by atoms with van der Waals surface area (Å²) in [6.45, 7) is 1.25. The second-order valence-corrected chi connectivity index (χ2v) is 7.92. The van der Waals surface area contributed by atoms with Gasteiger partial charge in [-0.2, -0.15) is 0 Å². The molecule has 0 aromatic heterocycles. The van der Waals surface area contributed by atoms with Crippen LogP contribution in [0.25, 0.3) is 0 Å². The third-order valence-corrected chi connectivity index (χ3v) is 5.66. The number of methoxy groups -OCH3 is 2. The SMILES string of the molecule is COC(=O)[C@H](c1ccccc1Cl)N1CCC(=O)C(CC(S)OC(C)=O)(C(=O)OC)C1. The standard InChI is InChI=1S/C20H24ClNO7S/c1-12(23)29-16(30)10-20(19(26)28-3)11-22(9-8-15(20)24)17(18(25)27-2)13-6-4-5-7-14(13)21/h4-7,16-17,30H,8-11H2,1-3H3/t16?,17-,20?/m0/s1. The highest BCUT2D eigenvalue weighted by atomic mass is 35.5. The minimum atomic E-state index is -1.66. The summed E-state index contributed by atoms with van der Waals surface area (Å²) >= 11 is 10.5. The average Bonchev–Trinajstić information content (AvgIpc) is 2.70. The summed E-state index contributed by atoms with van der Waals surface area (Å²) < 4.78 is 14.9. The van der Waals surface area contributed by atoms with Gasteiger partial charge in [0.15, 0.2) is 5.78 Å². The molecule has 8 nitrogen and oxygen atoms in total. The summed E-state index contributed by atoms with van der Waals surface area (Å²) in [7, 11) is 2.42. The van der Waals surface area contributed by atoms with E-state index in [2.05, 4.69) is 12.6 Å². The summed E-state index contributed by atoms with van der Waals surface area (Å²) in [5.41, 5.74) is -2.19. The van der Waals surface area contributed by atoms with Gasteiger partial charge in [-0.05, 0) is 11.6 Å². The van der Waals surface area contributed by atoms with E-state index in [1.54, 1.807) is 29.2 Å². The second-order valence-electron chi connectivity index (χ2n) is 6.93. The van der Waals surface area contributed by atoms with E-state index in [1.807, 2.05) is 0 Å². The Hall–Kier alpha value is -2.10. The molecule has 10 heteroatoms. The Balaban J connectivity index is 2.47. The molecule has 2 unspecified atom stereocenters. The Kier molecular flexibility index (Phi) is 8.28. The molecule has 1 aromatic carbocycles. The lowest BCUT2D eigenvalue weighted by Crippen LogP contribution is -2.57. The monoisotopic (exact) mass is 457 g/mol. The fourth-order valence-corrected chi connectivity index (χ4v) is 4.37. The van der Waals surface area contributed by atoms with E-state index in [-0.39, 0.29) is 31.7 Å². The molecule has 0 saturated carbocycles. The van der Waals surface area contributed by atoms with Crippen molar-refractivity contribution in [1.82, 2.24) is 4.90 Å². The molecule has 0 aliphatic carbocycles. The number of esters is 3. The molecule has 2 rings (SSSR count). The molecular formula is C20H24ClNO7S. The Bertz CT molecular complexity index is 823. The number of ketones is 1. The zero-order chi connectivity index (χ0) is 22.5. The molecule has 0 spiro atoms. The molecule has 1 aliphatic rings. The predicted octanol–water partition coefficient (Wildman–Crippen LogP) is 2.20. The van der Waals surface area contributed by atoms with Crippen molar-refractivity contribution in [1.29, 1.82) is 0 Å². The molecule has 0 amide bonds. The van der Waals surface area contributed by atoms with Crippen molar-refractivity contribution in [3.8, 4) is 0 Å². The Morgan fingerprint density at radius 2 is 1.90 bits per heavy atom. The highest BCUT2D eigenvalue weighted by molar-refractivity contribution is 7.80. The van der Waals surface area contributed by atoms with Crippen molar-refractivity contribution in [3.05, 3.63) is 34.9 Å². The van der Waals surface area contributed by atoms with Crippen molar-refractivity contribution >= 4 is 47.9 Å². The normalized spacial score (nSPS) is 21.4. The van der Waals surface area contributed by atoms with Crippen LogP contribution in [0, 0.1) is 5.41 Å². The maximum atomic E-state index is 12.9. The Labute approximate surface area is 185 Å². The number of halogens is 1. The summed E-state index contributed by atoms with van der Waals surface area (Å²) in [5, 5.41) is 0.348. The van der Waals surface area contributed by atoms with Gasteiger partial charge in [0.1, 0.15) is 16.9 Å². The molecule has 1 saturated heterocycles. The van der Waals surface area contributed by atoms with Crippen molar-refractivity contribution in [2.75, 3.05) is 27.3 Å². The van der Waals surface area contributed by atoms with Crippen molar-refractivity contribution < 1.29 is 33.4 Å². The van der Waals surface area contributed by atoms with Crippen LogP contribution in [0.3, 0.4) is 0 Å². The number of carbonyl (C=O) groups is 4. The third-order valence-electron chi connectivity index (χ3n) is 5.02. The number of rotatable bonds is 7. The zero-order valence-electron chi connectivity index (χ0n) is 16.9. The van der Waals surface area contributed by atoms with E-state index in [4.69, 9.17) is 25.8 Å². The van der Waals surface area contributed by atoms with Crippen LogP contribution in [0.4, 0.5) is 0 Å². The number of thiol groups is 1. The van der Waals surface area contributed by atoms with E-state index in [1.165, 1.54) is 21.1 Å². The molecule has 0 N–H and O–H groups in total. The van der Waals surface area contributed by atoms with Crippen LogP contribution >= 0.6 is 24.2 Å². The first kappa shape index (κ1) is 24.2. The summed E-state index contributed by atoms with van der Waals surface area (Å²) in [4.78, 5) is 51.2. The van der Waals surface area contributed by atoms with Gasteiger partial charge in [-0.1, -0.05) is 29.8 Å². The van der Waals surface area contributed by atoms with E-state index in [0.29, 0.717) is 10.6 Å². The Morgan fingerprint density at radius 3 is 2.47 bits per heavy atom. The number of Topliss-reactive ketones (excluding diaryl/α,β-unsaturated/α-hetero) is 1. The lowest BCUT2D eigenvalue weighted by Gasteiger charge is -2.42. The van der Waals surface area contributed by atoms with Gasteiger partial charge in [-0.25, -0.2) is 4.79 Å². The molecule has 1 heterocycles. The number of piperidine rings is 1. The van der Waals surface area contributed by atoms with Crippen LogP contribution in [0.2, 0.25) is 5.02 Å². The highest BCUT2D eigenvalue weighted by Gasteiger charge is 2.53. The second kappa shape index (κ2) is 10.3. The highest BCUT2D eigenvalue weighted by Crippen LogP contribution is 2.39. The van der Waals surface area contributed by atoms with Crippen LogP contribution in [-0.2, 0) is 33.4 Å². The number of hydrogen-bond donors (Lipinski definition) is 1. The summed E-state index contributed by atoms with van der Waals surface area (Å²) in [6, 6.07) is 5.83. The van der Waals surface area contributed by atoms with Crippen LogP contribution in [0.5, 0.6) is 0 Å². The van der Waals surface area contributed by atoms with E-state index in [0.717, 1.165) is 0 Å². The maximum absolute atomic E-state index is 12.9. The first-order valence-corrected chi connectivity index (χ1v) is 10.1. The van der Waals surface area contributed by atoms with Gasteiger partial charge in [-0.3, -0.25) is 19.3 Å². The third kappa shape index (κ3) is 5.14. The molecule has 0 bridgehead atoms. The number of ether oxygens (including phenoxy) is 3. The Morgan fingerprint density at radius 1 is 1.23 bits per heavy atom. The first-order valence-electron chi connectivity index (χ1n) is 9.19. The lowest BCUT2D eigenvalue weighted by atomic mass is 9.75. The number of benzene rings is 1. The van der Waals surface area contributed by atoms with Gasteiger partial charge in [0.25, 0.3) is 0 Å². The quantitative estimate of drug-likeness (QED) is 0.219. The predicted molar refractivity (Wildman–Crippen MR) is 111 cm³/mol. The van der Waals surface area contributed by atoms with Gasteiger partial charge in [0.05, 0.1) is 14.2 Å². The lowest BCUT2D eigenvalue weighted by molar-refractivity contribution is -0.169. The van der Waals surface area contributed by atoms with E-state index < -0.39 is 34.8 Å². The van der Waals surface area contributed by atoms with Crippen molar-refractivity contribution in [2.24, 2.45) is 5.41 Å². The van der Waals surface area contributed by atoms with Gasteiger partial charge in [0.2, 0.25) is 0 Å². The summed E-state index contributed by atoms with van der Waals surface area (Å²) in [5.74, 6) is -2.34. The molecular weight excluding hydrogens is 434 g/mol. The van der Waals surface area contributed by atoms with Gasteiger partial charge >= 0.3 is 17.9 Å². The molecule has 164 valence electrons. The van der Waals surface area contributed by atoms with Crippen molar-refractivity contribution in [2.45, 2.75) is 31.2 Å². The number of likely N-dealkylation sites (tertiary alicyclic amines) is 1. The number of nitrogens with zero attached hydrogens (tertiary/aromatic N) is 1. The average molecular weight is 458 g/mol. The largest absolute Gasteiger partial charge is 0.468 e. The van der Waals surface area contributed by atoms with Crippen LogP contribution in [0.1, 0.15) is 31.4 Å². The van der Waals surface area contributed by atoms with Gasteiger partial charge in [0, 0.05) is 37.9 Å². The molecule has 1 aliphatic heterocycles. The number of carbonyl (C=O) groups excluding carboxylic acids is 4. The number of hydrogen-bond acceptors (Lipinski definition) is 9. The fourth-order valence-electron chi connectivity index (χ4n) is 3.67. The minimum Gasteiger partial charge on any atom is -0.468 e. The molecule has 1 fully saturated rings. The van der Waals surface area contributed by atoms with E-state index in [9.17, 15) is 19.2 Å². The van der Waals surface area contributed by atoms with Crippen LogP contribution < -0.4 is 0 Å². The van der Waals surface area contributed by atoms with E-state index >= 15 is 0 Å². The summed E-state index contributed by atoms with van der Waals surface area (Å²) in [6.07, 6.45) is -0.221. The molecule has 30 heavy (non-hydrogen) atoms. The maximum Gasteiger partial charge on any atom is 0.327 e. The van der Waals surface area contributed by atoms with Crippen LogP contribution in [0.15, 0.2) is 24.3 Å². The van der Waals surface area contributed by atoms with Crippen LogP contribution in [-0.4, -0.2) is 61.3 Å². The van der Waals surface area contributed by atoms with Gasteiger partial charge in [-0.15, -0.1) is 12.6 Å². The van der Waals surface area contributed by atoms with Crippen molar-refractivity contribution in [3.63, 3.8) is 0 Å². The topological polar surface area (TPSA) is 99.2 Å². The molecule has 1 aromatic rings. The first-order chi connectivity index (χ1) is 14.2. The molecule has 0 radical (unpaired) electrons. The molecule has 3 atom stereocenters.